The number of aliphatic hydroxyl groups excluding tert-OH is 2. The average Bonchev–Trinajstić information content (AvgIpc) is 3.48. The van der Waals surface area contributed by atoms with Crippen molar-refractivity contribution in [1.82, 2.24) is 0 Å². The van der Waals surface area contributed by atoms with Gasteiger partial charge < -0.3 is 53.2 Å². The second-order valence-corrected chi connectivity index (χ2v) is 20.2. The molecule has 0 spiro atoms. The monoisotopic (exact) mass is 847 g/mol. The summed E-state index contributed by atoms with van der Waals surface area (Å²) in [7, 11) is 1.45. The molecule has 0 radical (unpaired) electrons. The lowest BCUT2D eigenvalue weighted by Crippen LogP contribution is -2.66. The predicted molar refractivity (Wildman–Crippen MR) is 220 cm³/mol. The normalized spacial score (nSPS) is 50.8. The lowest BCUT2D eigenvalue weighted by molar-refractivity contribution is -0.342. The minimum Gasteiger partial charge on any atom is -0.458 e. The molecule has 15 unspecified atom stereocenters. The van der Waals surface area contributed by atoms with Gasteiger partial charge in [0.05, 0.1) is 42.2 Å². The van der Waals surface area contributed by atoms with Gasteiger partial charge in [-0.05, 0) is 116 Å². The number of rotatable bonds is 10. The highest BCUT2D eigenvalue weighted by molar-refractivity contribution is 5.88. The number of methoxy groups -OCH3 is 1. The summed E-state index contributed by atoms with van der Waals surface area (Å²) < 4.78 is 50.1. The van der Waals surface area contributed by atoms with Crippen LogP contribution in [0.2, 0.25) is 0 Å². The minimum atomic E-state index is -1.15. The number of hydrogen-bond donors (Lipinski definition) is 3. The summed E-state index contributed by atoms with van der Waals surface area (Å²) in [5, 5.41) is 34.0. The number of ketones is 1. The lowest BCUT2D eigenvalue weighted by Gasteiger charge is -2.63. The van der Waals surface area contributed by atoms with Gasteiger partial charge in [0, 0.05) is 36.9 Å². The van der Waals surface area contributed by atoms with Crippen molar-refractivity contribution in [2.24, 2.45) is 40.4 Å². The zero-order valence-electron chi connectivity index (χ0n) is 37.8. The molecule has 340 valence electrons. The van der Waals surface area contributed by atoms with E-state index in [0.717, 1.165) is 25.7 Å². The van der Waals surface area contributed by atoms with E-state index in [4.69, 9.17) is 37.9 Å². The molecule has 21 atom stereocenters. The molecule has 3 saturated heterocycles. The number of carbonyl (C=O) groups is 2. The van der Waals surface area contributed by atoms with E-state index in [1.807, 2.05) is 27.7 Å². The van der Waals surface area contributed by atoms with Gasteiger partial charge in [0.25, 0.3) is 0 Å². The van der Waals surface area contributed by atoms with Crippen molar-refractivity contribution in [3.63, 3.8) is 0 Å². The van der Waals surface area contributed by atoms with Crippen LogP contribution in [-0.4, -0.2) is 120 Å². The SMILES string of the molecule is CC=C(C)C(=O)O[C@@H]1CC2C(CC=C3C[C@@H](OC4CC(C)C(OC5CC(C)C(OC6OC(C)C(O)C(OC)C6O)C(C)O5)C(C)O4)CC[C@@]32C)[C@@]2(O)CC[C@H](C(C)=O)[C@@]12C. The molecule has 0 bridgehead atoms. The number of Topliss-reactive ketones (excluding diaryl/α,β-unsaturated/α-hetero) is 1. The molecule has 3 N–H and O–H groups in total. The third-order valence-corrected chi connectivity index (χ3v) is 16.7. The van der Waals surface area contributed by atoms with Crippen LogP contribution in [0.3, 0.4) is 0 Å². The van der Waals surface area contributed by atoms with Crippen LogP contribution in [0, 0.1) is 40.4 Å². The van der Waals surface area contributed by atoms with Crippen LogP contribution in [0.15, 0.2) is 23.3 Å². The molecule has 13 nitrogen and oxygen atoms in total. The molecule has 60 heavy (non-hydrogen) atoms. The largest absolute Gasteiger partial charge is 0.458 e. The summed E-state index contributed by atoms with van der Waals surface area (Å²) in [4.78, 5) is 26.3. The van der Waals surface area contributed by atoms with Crippen molar-refractivity contribution in [3.05, 3.63) is 23.3 Å². The smallest absolute Gasteiger partial charge is 0.333 e. The maximum atomic E-state index is 13.3. The quantitative estimate of drug-likeness (QED) is 0.135. The maximum absolute atomic E-state index is 13.3. The first kappa shape index (κ1) is 46.2. The van der Waals surface area contributed by atoms with Gasteiger partial charge in [0.15, 0.2) is 18.9 Å². The zero-order valence-corrected chi connectivity index (χ0v) is 37.8. The molecule has 7 rings (SSSR count). The van der Waals surface area contributed by atoms with Crippen LogP contribution in [0.25, 0.3) is 0 Å². The molecule has 4 aliphatic carbocycles. The minimum absolute atomic E-state index is 0.0170. The molecule has 7 aliphatic rings. The average molecular weight is 847 g/mol. The Balaban J connectivity index is 0.957. The maximum Gasteiger partial charge on any atom is 0.333 e. The van der Waals surface area contributed by atoms with Gasteiger partial charge in [-0.3, -0.25) is 4.79 Å². The zero-order chi connectivity index (χ0) is 43.6. The standard InChI is InChI=1S/C47H74O13/c1-12-23(2)43(51)58-35-22-34-33(47(52)18-16-32(26(5)48)46(35,47)10)14-13-30-21-31(15-17-45(30,34)9)57-36-19-24(3)40(28(7)54-36)59-37-20-25(4)41(29(8)55-37)60-44-39(50)42(53-11)38(49)27(6)56-44/h12-13,24-25,27-29,31-42,44,49-50,52H,14-22H2,1-11H3/t24?,25?,27?,28?,29?,31-,32+,33?,34?,35+,36?,37?,38?,39?,40?,41?,42?,44?,45-,46-,47-/m0/s1. The van der Waals surface area contributed by atoms with Gasteiger partial charge in [-0.1, -0.05) is 45.4 Å². The van der Waals surface area contributed by atoms with Gasteiger partial charge in [0.2, 0.25) is 0 Å². The fraction of sp³-hybridized carbons (Fsp3) is 0.872. The van der Waals surface area contributed by atoms with E-state index in [0.29, 0.717) is 37.7 Å². The van der Waals surface area contributed by atoms with E-state index in [2.05, 4.69) is 26.8 Å². The summed E-state index contributed by atoms with van der Waals surface area (Å²) in [5.41, 5.74) is -0.310. The fourth-order valence-electron chi connectivity index (χ4n) is 13.0. The number of hydrogen-bond acceptors (Lipinski definition) is 13. The van der Waals surface area contributed by atoms with Crippen LogP contribution < -0.4 is 0 Å². The molecule has 3 heterocycles. The Labute approximate surface area is 357 Å². The molecular formula is C47H74O13. The Morgan fingerprint density at radius 3 is 2.03 bits per heavy atom. The first-order valence-corrected chi connectivity index (χ1v) is 22.8. The van der Waals surface area contributed by atoms with Crippen molar-refractivity contribution in [2.75, 3.05) is 7.11 Å². The Morgan fingerprint density at radius 2 is 1.43 bits per heavy atom. The van der Waals surface area contributed by atoms with Crippen LogP contribution in [0.4, 0.5) is 0 Å². The second-order valence-electron chi connectivity index (χ2n) is 20.2. The van der Waals surface area contributed by atoms with Crippen molar-refractivity contribution >= 4 is 11.8 Å². The second kappa shape index (κ2) is 17.7. The van der Waals surface area contributed by atoms with E-state index < -0.39 is 54.1 Å². The number of fused-ring (bicyclic) bond motifs is 5. The summed E-state index contributed by atoms with van der Waals surface area (Å²) in [6.45, 7) is 19.5. The summed E-state index contributed by atoms with van der Waals surface area (Å²) in [6, 6.07) is 0. The molecule has 0 amide bonds. The highest BCUT2D eigenvalue weighted by Crippen LogP contribution is 2.68. The van der Waals surface area contributed by atoms with E-state index in [9.17, 15) is 24.9 Å². The molecule has 0 aromatic carbocycles. The molecule has 6 fully saturated rings. The van der Waals surface area contributed by atoms with Crippen LogP contribution in [0.5, 0.6) is 0 Å². The number of esters is 1. The molecule has 3 aliphatic heterocycles. The van der Waals surface area contributed by atoms with Gasteiger partial charge in [-0.15, -0.1) is 0 Å². The Kier molecular flexibility index (Phi) is 13.6. The number of carbonyl (C=O) groups excluding carboxylic acids is 2. The molecule has 0 aromatic heterocycles. The Bertz CT molecular complexity index is 1610. The van der Waals surface area contributed by atoms with E-state index >= 15 is 0 Å². The fourth-order valence-corrected chi connectivity index (χ4v) is 13.0. The summed E-state index contributed by atoms with van der Waals surface area (Å²) in [6.07, 6.45) is 3.31. The van der Waals surface area contributed by atoms with Gasteiger partial charge in [0.1, 0.15) is 30.2 Å². The highest BCUT2D eigenvalue weighted by Gasteiger charge is 2.71. The van der Waals surface area contributed by atoms with Crippen LogP contribution in [-0.2, 0) is 47.5 Å². The van der Waals surface area contributed by atoms with Crippen molar-refractivity contribution < 1.29 is 62.8 Å². The first-order valence-electron chi connectivity index (χ1n) is 22.8. The topological polar surface area (TPSA) is 169 Å². The van der Waals surface area contributed by atoms with Crippen LogP contribution >= 0.6 is 0 Å². The number of ether oxygens (including phenoxy) is 8. The third-order valence-electron chi connectivity index (χ3n) is 16.7. The van der Waals surface area contributed by atoms with Gasteiger partial charge in [-0.2, -0.15) is 0 Å². The van der Waals surface area contributed by atoms with Crippen molar-refractivity contribution in [1.29, 1.82) is 0 Å². The van der Waals surface area contributed by atoms with E-state index in [1.54, 1.807) is 26.8 Å². The van der Waals surface area contributed by atoms with Crippen LogP contribution in [0.1, 0.15) is 127 Å². The van der Waals surface area contributed by atoms with Gasteiger partial charge >= 0.3 is 5.97 Å². The summed E-state index contributed by atoms with van der Waals surface area (Å²) in [5.74, 6) is -0.454. The number of allylic oxidation sites excluding steroid dienone is 2. The van der Waals surface area contributed by atoms with E-state index in [1.165, 1.54) is 12.7 Å². The third kappa shape index (κ3) is 8.02. The summed E-state index contributed by atoms with van der Waals surface area (Å²) >= 11 is 0. The molecular weight excluding hydrogens is 773 g/mol. The predicted octanol–water partition coefficient (Wildman–Crippen LogP) is 5.94. The van der Waals surface area contributed by atoms with Crippen molar-refractivity contribution in [3.8, 4) is 0 Å². The Morgan fingerprint density at radius 1 is 0.800 bits per heavy atom. The number of aliphatic hydroxyl groups is 3. The van der Waals surface area contributed by atoms with Gasteiger partial charge in [-0.25, -0.2) is 4.79 Å². The van der Waals surface area contributed by atoms with Crippen molar-refractivity contribution in [2.45, 2.75) is 213 Å². The Hall–Kier alpha value is -1.78. The molecule has 13 heteroatoms. The molecule has 3 saturated carbocycles. The first-order chi connectivity index (χ1) is 28.3. The lowest BCUT2D eigenvalue weighted by atomic mass is 9.45. The highest BCUT2D eigenvalue weighted by atomic mass is 16.7. The van der Waals surface area contributed by atoms with E-state index in [-0.39, 0.29) is 83.6 Å². The molecule has 0 aromatic rings.